The number of likely N-dealkylation sites (tertiary alicyclic amines) is 2. The van der Waals surface area contributed by atoms with Crippen LogP contribution >= 0.6 is 0 Å². The number of rotatable bonds is 9. The third-order valence-electron chi connectivity index (χ3n) is 9.73. The van der Waals surface area contributed by atoms with Crippen molar-refractivity contribution in [3.8, 4) is 0 Å². The van der Waals surface area contributed by atoms with Crippen LogP contribution in [0.15, 0.2) is 85.2 Å². The molecule has 2 N–H and O–H groups in total. The van der Waals surface area contributed by atoms with Crippen molar-refractivity contribution in [2.24, 2.45) is 0 Å². The van der Waals surface area contributed by atoms with E-state index in [1.54, 1.807) is 12.4 Å². The molecule has 10 nitrogen and oxygen atoms in total. The van der Waals surface area contributed by atoms with Gasteiger partial charge in [-0.1, -0.05) is 24.3 Å². The molecular formula is C38H38N8O2. The summed E-state index contributed by atoms with van der Waals surface area (Å²) in [5, 5.41) is 0. The monoisotopic (exact) mass is 638 g/mol. The minimum absolute atomic E-state index is 0.0437. The number of benzene rings is 2. The fraction of sp³-hybridized carbons (Fsp3) is 0.316. The minimum atomic E-state index is -0.0437. The van der Waals surface area contributed by atoms with Crippen molar-refractivity contribution in [1.29, 1.82) is 0 Å². The van der Waals surface area contributed by atoms with E-state index in [2.05, 4.69) is 56.3 Å². The molecule has 10 heteroatoms. The van der Waals surface area contributed by atoms with E-state index in [1.165, 1.54) is 11.1 Å². The van der Waals surface area contributed by atoms with Gasteiger partial charge in [0.25, 0.3) is 0 Å². The molecule has 6 aromatic rings. The SMILES string of the molecule is O=C(Cc1ccccn1)N1CCC[C@H]1c1nc2cc(CCc3ccc4[nH]c([C@@H]5CCCN5C(=O)Cc5ccccn5)nc4c3)ccc2[nH]1. The Morgan fingerprint density at radius 1 is 0.646 bits per heavy atom. The summed E-state index contributed by atoms with van der Waals surface area (Å²) in [7, 11) is 0. The lowest BCUT2D eigenvalue weighted by Gasteiger charge is -2.23. The summed E-state index contributed by atoms with van der Waals surface area (Å²) < 4.78 is 0. The van der Waals surface area contributed by atoms with Crippen LogP contribution in [-0.4, -0.2) is 64.6 Å². The third kappa shape index (κ3) is 6.17. The Kier molecular flexibility index (Phi) is 8.13. The normalized spacial score (nSPS) is 17.9. The number of carbonyl (C=O) groups is 2. The Morgan fingerprint density at radius 3 is 1.56 bits per heavy atom. The van der Waals surface area contributed by atoms with E-state index < -0.39 is 0 Å². The highest BCUT2D eigenvalue weighted by molar-refractivity contribution is 5.81. The average molecular weight is 639 g/mol. The maximum atomic E-state index is 13.2. The molecule has 2 saturated heterocycles. The summed E-state index contributed by atoms with van der Waals surface area (Å²) >= 11 is 0. The number of fused-ring (bicyclic) bond motifs is 2. The maximum Gasteiger partial charge on any atom is 0.229 e. The summed E-state index contributed by atoms with van der Waals surface area (Å²) in [4.78, 5) is 55.8. The summed E-state index contributed by atoms with van der Waals surface area (Å²) in [6.45, 7) is 1.48. The second-order valence-corrected chi connectivity index (χ2v) is 12.9. The molecule has 0 unspecified atom stereocenters. The van der Waals surface area contributed by atoms with Gasteiger partial charge < -0.3 is 19.8 Å². The largest absolute Gasteiger partial charge is 0.340 e. The first-order valence-electron chi connectivity index (χ1n) is 16.9. The van der Waals surface area contributed by atoms with E-state index in [0.29, 0.717) is 12.8 Å². The average Bonchev–Trinajstić information content (AvgIpc) is 3.93. The Morgan fingerprint density at radius 2 is 1.12 bits per heavy atom. The lowest BCUT2D eigenvalue weighted by Crippen LogP contribution is -2.32. The van der Waals surface area contributed by atoms with Crippen molar-refractivity contribution in [2.45, 2.75) is 63.5 Å². The molecule has 0 saturated carbocycles. The molecule has 2 atom stereocenters. The van der Waals surface area contributed by atoms with Crippen LogP contribution in [0, 0.1) is 0 Å². The Balaban J connectivity index is 0.927. The molecular weight excluding hydrogens is 600 g/mol. The number of aryl methyl sites for hydroxylation is 2. The lowest BCUT2D eigenvalue weighted by atomic mass is 10.0. The van der Waals surface area contributed by atoms with Crippen molar-refractivity contribution in [1.82, 2.24) is 39.7 Å². The van der Waals surface area contributed by atoms with E-state index >= 15 is 0 Å². The molecule has 0 spiro atoms. The van der Waals surface area contributed by atoms with Crippen LogP contribution in [0.25, 0.3) is 22.1 Å². The number of aromatic nitrogens is 6. The van der Waals surface area contributed by atoms with Crippen LogP contribution in [-0.2, 0) is 35.3 Å². The van der Waals surface area contributed by atoms with E-state index in [0.717, 1.165) is 96.7 Å². The Hall–Kier alpha value is -5.38. The molecule has 2 fully saturated rings. The summed E-state index contributed by atoms with van der Waals surface area (Å²) in [6, 6.07) is 24.1. The molecule has 0 bridgehead atoms. The summed E-state index contributed by atoms with van der Waals surface area (Å²) in [6.07, 6.45) is 9.54. The van der Waals surface area contributed by atoms with Gasteiger partial charge >= 0.3 is 0 Å². The van der Waals surface area contributed by atoms with E-state index in [4.69, 9.17) is 9.97 Å². The molecule has 6 heterocycles. The molecule has 2 amide bonds. The van der Waals surface area contributed by atoms with Gasteiger partial charge in [-0.3, -0.25) is 19.6 Å². The number of imidazole rings is 2. The summed E-state index contributed by atoms with van der Waals surface area (Å²) in [5.74, 6) is 1.89. The van der Waals surface area contributed by atoms with Crippen LogP contribution in [0.2, 0.25) is 0 Å². The number of nitrogens with zero attached hydrogens (tertiary/aromatic N) is 6. The van der Waals surface area contributed by atoms with Crippen molar-refractivity contribution in [2.75, 3.05) is 13.1 Å². The van der Waals surface area contributed by atoms with Gasteiger partial charge in [-0.15, -0.1) is 0 Å². The topological polar surface area (TPSA) is 124 Å². The molecule has 48 heavy (non-hydrogen) atoms. The molecule has 4 aromatic heterocycles. The molecule has 2 aromatic carbocycles. The van der Waals surface area contributed by atoms with Gasteiger partial charge in [-0.25, -0.2) is 9.97 Å². The second-order valence-electron chi connectivity index (χ2n) is 12.9. The van der Waals surface area contributed by atoms with Crippen LogP contribution in [0.4, 0.5) is 0 Å². The highest BCUT2D eigenvalue weighted by atomic mass is 16.2. The number of hydrogen-bond donors (Lipinski definition) is 2. The molecule has 2 aliphatic rings. The third-order valence-corrected chi connectivity index (χ3v) is 9.73. The molecule has 8 rings (SSSR count). The molecule has 0 aliphatic carbocycles. The Bertz CT molecular complexity index is 1920. The van der Waals surface area contributed by atoms with Crippen molar-refractivity contribution in [3.05, 3.63) is 119 Å². The molecule has 0 radical (unpaired) electrons. The van der Waals surface area contributed by atoms with Crippen LogP contribution in [0.5, 0.6) is 0 Å². The van der Waals surface area contributed by atoms with E-state index in [-0.39, 0.29) is 23.9 Å². The van der Waals surface area contributed by atoms with Crippen molar-refractivity contribution in [3.63, 3.8) is 0 Å². The highest BCUT2D eigenvalue weighted by Crippen LogP contribution is 2.33. The second kappa shape index (κ2) is 13.0. The number of amides is 2. The smallest absolute Gasteiger partial charge is 0.229 e. The van der Waals surface area contributed by atoms with Gasteiger partial charge in [0.05, 0.1) is 47.0 Å². The zero-order valence-corrected chi connectivity index (χ0v) is 26.8. The maximum absolute atomic E-state index is 13.2. The van der Waals surface area contributed by atoms with E-state index in [1.807, 2.05) is 46.2 Å². The van der Waals surface area contributed by atoms with Gasteiger partial charge in [0.1, 0.15) is 11.6 Å². The Labute approximate surface area is 278 Å². The predicted octanol–water partition coefficient (Wildman–Crippen LogP) is 5.83. The standard InChI is InChI=1S/C38H38N8O2/c47-35(23-27-7-1-3-17-39-27)45-19-5-9-33(45)37-41-29-15-13-25(21-31(29)43-37)11-12-26-14-16-30-32(22-26)44-38(42-30)34-10-6-20-46(34)36(48)24-28-8-2-4-18-40-28/h1-4,7-8,13-18,21-22,33-34H,5-6,9-12,19-20,23-24H2,(H,41,43)(H,42,44)/t33-,34-/m0/s1. The van der Waals surface area contributed by atoms with Crippen LogP contribution in [0.1, 0.15) is 71.9 Å². The quantitative estimate of drug-likeness (QED) is 0.206. The number of hydrogen-bond acceptors (Lipinski definition) is 6. The van der Waals surface area contributed by atoms with Gasteiger partial charge in [0, 0.05) is 36.9 Å². The van der Waals surface area contributed by atoms with Gasteiger partial charge in [0.2, 0.25) is 11.8 Å². The number of carbonyl (C=O) groups excluding carboxylic acids is 2. The predicted molar refractivity (Wildman–Crippen MR) is 183 cm³/mol. The first kappa shape index (κ1) is 30.0. The number of H-pyrrole nitrogens is 2. The highest BCUT2D eigenvalue weighted by Gasteiger charge is 2.33. The fourth-order valence-corrected chi connectivity index (χ4v) is 7.27. The molecule has 2 aliphatic heterocycles. The first-order chi connectivity index (χ1) is 23.6. The minimum Gasteiger partial charge on any atom is -0.340 e. The zero-order valence-electron chi connectivity index (χ0n) is 26.8. The van der Waals surface area contributed by atoms with E-state index in [9.17, 15) is 9.59 Å². The van der Waals surface area contributed by atoms with Gasteiger partial charge in [0.15, 0.2) is 0 Å². The number of aromatic amines is 2. The van der Waals surface area contributed by atoms with Crippen LogP contribution < -0.4 is 0 Å². The van der Waals surface area contributed by atoms with Crippen LogP contribution in [0.3, 0.4) is 0 Å². The zero-order chi connectivity index (χ0) is 32.5. The number of pyridine rings is 2. The number of nitrogens with one attached hydrogen (secondary N) is 2. The van der Waals surface area contributed by atoms with Crippen molar-refractivity contribution < 1.29 is 9.59 Å². The lowest BCUT2D eigenvalue weighted by molar-refractivity contribution is -0.132. The first-order valence-corrected chi connectivity index (χ1v) is 16.9. The summed E-state index contributed by atoms with van der Waals surface area (Å²) in [5.41, 5.74) is 7.84. The van der Waals surface area contributed by atoms with Gasteiger partial charge in [-0.05, 0) is 98.2 Å². The molecule has 242 valence electrons. The van der Waals surface area contributed by atoms with Gasteiger partial charge in [-0.2, -0.15) is 0 Å². The van der Waals surface area contributed by atoms with Crippen molar-refractivity contribution >= 4 is 33.9 Å². The fourth-order valence-electron chi connectivity index (χ4n) is 7.27.